The van der Waals surface area contributed by atoms with Gasteiger partial charge >= 0.3 is 0 Å². The zero-order valence-corrected chi connectivity index (χ0v) is 12.8. The Bertz CT molecular complexity index is 458. The van der Waals surface area contributed by atoms with Crippen LogP contribution in [-0.4, -0.2) is 29.9 Å². The minimum atomic E-state index is -0.235. The van der Waals surface area contributed by atoms with Gasteiger partial charge in [-0.25, -0.2) is 4.68 Å². The predicted molar refractivity (Wildman–Crippen MR) is 79.9 cm³/mol. The summed E-state index contributed by atoms with van der Waals surface area (Å²) in [5.41, 5.74) is 0.372. The average molecular weight is 287 g/mol. The van der Waals surface area contributed by atoms with E-state index in [0.717, 1.165) is 13.1 Å². The summed E-state index contributed by atoms with van der Waals surface area (Å²) < 4.78 is 1.41. The van der Waals surface area contributed by atoms with Crippen LogP contribution in [-0.2, 0) is 6.54 Å². The van der Waals surface area contributed by atoms with E-state index in [1.807, 2.05) is 20.9 Å². The van der Waals surface area contributed by atoms with E-state index >= 15 is 0 Å². The monoisotopic (exact) mass is 286 g/mol. The van der Waals surface area contributed by atoms with E-state index in [-0.39, 0.29) is 10.6 Å². The van der Waals surface area contributed by atoms with Crippen LogP contribution in [0.5, 0.6) is 0 Å². The summed E-state index contributed by atoms with van der Waals surface area (Å²) in [5.74, 6) is 0.801. The quantitative estimate of drug-likeness (QED) is 0.803. The first kappa shape index (κ1) is 16.0. The molecule has 5 nitrogen and oxygen atoms in total. The Labute approximate surface area is 119 Å². The van der Waals surface area contributed by atoms with Gasteiger partial charge in [-0.1, -0.05) is 32.4 Å². The third kappa shape index (κ3) is 4.84. The number of nitrogens with one attached hydrogen (secondary N) is 2. The van der Waals surface area contributed by atoms with Crippen molar-refractivity contribution in [3.8, 4) is 0 Å². The number of halogens is 1. The summed E-state index contributed by atoms with van der Waals surface area (Å²) in [7, 11) is 1.91. The van der Waals surface area contributed by atoms with Crippen molar-refractivity contribution in [2.45, 2.75) is 27.3 Å². The molecule has 1 unspecified atom stereocenters. The van der Waals surface area contributed by atoms with Gasteiger partial charge in [-0.05, 0) is 25.4 Å². The Morgan fingerprint density at radius 2 is 2.05 bits per heavy atom. The van der Waals surface area contributed by atoms with E-state index in [1.165, 1.54) is 4.68 Å². The van der Waals surface area contributed by atoms with Gasteiger partial charge in [-0.2, -0.15) is 5.10 Å². The maximum Gasteiger partial charge on any atom is 0.287 e. The maximum absolute atomic E-state index is 12.0. The smallest absolute Gasteiger partial charge is 0.287 e. The van der Waals surface area contributed by atoms with Crippen LogP contribution in [0.15, 0.2) is 11.0 Å². The van der Waals surface area contributed by atoms with Crippen molar-refractivity contribution < 1.29 is 0 Å². The molecule has 0 fully saturated rings. The number of rotatable bonds is 7. The number of hydrogen-bond donors (Lipinski definition) is 2. The first-order chi connectivity index (χ1) is 8.95. The third-order valence-electron chi connectivity index (χ3n) is 2.72. The van der Waals surface area contributed by atoms with Crippen LogP contribution in [0.4, 0.5) is 5.69 Å². The fraction of sp³-hybridized carbons (Fsp3) is 0.692. The third-order valence-corrected chi connectivity index (χ3v) is 3.08. The molecule has 0 aliphatic rings. The van der Waals surface area contributed by atoms with Gasteiger partial charge in [-0.15, -0.1) is 0 Å². The zero-order valence-electron chi connectivity index (χ0n) is 12.0. The van der Waals surface area contributed by atoms with Crippen molar-refractivity contribution in [1.82, 2.24) is 15.1 Å². The average Bonchev–Trinajstić information content (AvgIpc) is 2.34. The summed E-state index contributed by atoms with van der Waals surface area (Å²) in [4.78, 5) is 12.0. The normalized spacial score (nSPS) is 12.7. The largest absolute Gasteiger partial charge is 0.382 e. The molecule has 1 heterocycles. The summed E-state index contributed by atoms with van der Waals surface area (Å²) in [6.07, 6.45) is 1.62. The molecule has 0 bridgehead atoms. The molecule has 6 heteroatoms. The van der Waals surface area contributed by atoms with Crippen molar-refractivity contribution in [2.24, 2.45) is 11.8 Å². The molecule has 0 aliphatic carbocycles. The summed E-state index contributed by atoms with van der Waals surface area (Å²) >= 11 is 6.09. The topological polar surface area (TPSA) is 59.0 Å². The van der Waals surface area contributed by atoms with Gasteiger partial charge in [0.2, 0.25) is 0 Å². The van der Waals surface area contributed by atoms with Crippen LogP contribution < -0.4 is 16.2 Å². The van der Waals surface area contributed by atoms with Crippen LogP contribution in [0.1, 0.15) is 20.8 Å². The predicted octanol–water partition coefficient (Wildman–Crippen LogP) is 1.82. The minimum Gasteiger partial charge on any atom is -0.382 e. The molecule has 0 aromatic carbocycles. The van der Waals surface area contributed by atoms with Crippen LogP contribution in [0.3, 0.4) is 0 Å². The molecule has 0 spiro atoms. The van der Waals surface area contributed by atoms with Gasteiger partial charge in [0, 0.05) is 13.1 Å². The molecule has 0 amide bonds. The van der Waals surface area contributed by atoms with Crippen molar-refractivity contribution in [1.29, 1.82) is 0 Å². The van der Waals surface area contributed by atoms with E-state index in [2.05, 4.69) is 22.7 Å². The number of nitrogens with zero attached hydrogens (tertiary/aromatic N) is 2. The molecule has 108 valence electrons. The highest BCUT2D eigenvalue weighted by molar-refractivity contribution is 6.32. The first-order valence-corrected chi connectivity index (χ1v) is 6.97. The standard InChI is InChI=1S/C13H23ClN4O/c1-9(2)8-18-13(19)12(14)11(7-17-18)16-6-10(3)5-15-4/h7,9-10,15-16H,5-6,8H2,1-4H3. The lowest BCUT2D eigenvalue weighted by Gasteiger charge is -2.14. The molecular formula is C13H23ClN4O. The van der Waals surface area contributed by atoms with E-state index in [4.69, 9.17) is 11.6 Å². The zero-order chi connectivity index (χ0) is 14.4. The Balaban J connectivity index is 2.76. The van der Waals surface area contributed by atoms with Crippen LogP contribution >= 0.6 is 11.6 Å². The Kier molecular flexibility index (Phi) is 6.31. The minimum absolute atomic E-state index is 0.215. The molecular weight excluding hydrogens is 264 g/mol. The second-order valence-corrected chi connectivity index (χ2v) is 5.68. The van der Waals surface area contributed by atoms with Gasteiger partial charge in [0.05, 0.1) is 11.9 Å². The molecule has 1 aromatic heterocycles. The van der Waals surface area contributed by atoms with Gasteiger partial charge < -0.3 is 10.6 Å². The lowest BCUT2D eigenvalue weighted by atomic mass is 10.2. The summed E-state index contributed by atoms with van der Waals surface area (Å²) in [6, 6.07) is 0. The van der Waals surface area contributed by atoms with Crippen molar-refractivity contribution in [2.75, 3.05) is 25.5 Å². The Morgan fingerprint density at radius 1 is 1.37 bits per heavy atom. The van der Waals surface area contributed by atoms with Crippen molar-refractivity contribution in [3.63, 3.8) is 0 Å². The molecule has 0 radical (unpaired) electrons. The van der Waals surface area contributed by atoms with Gasteiger partial charge in [0.15, 0.2) is 0 Å². The highest BCUT2D eigenvalue weighted by Crippen LogP contribution is 2.15. The summed E-state index contributed by atoms with van der Waals surface area (Å²) in [6.45, 7) is 8.42. The highest BCUT2D eigenvalue weighted by atomic mass is 35.5. The van der Waals surface area contributed by atoms with Gasteiger partial charge in [-0.3, -0.25) is 4.79 Å². The fourth-order valence-corrected chi connectivity index (χ4v) is 1.98. The van der Waals surface area contributed by atoms with Crippen molar-refractivity contribution >= 4 is 17.3 Å². The number of aromatic nitrogens is 2. The van der Waals surface area contributed by atoms with Gasteiger partial charge in [0.25, 0.3) is 5.56 Å². The number of hydrogen-bond acceptors (Lipinski definition) is 4. The van der Waals surface area contributed by atoms with Gasteiger partial charge in [0.1, 0.15) is 5.02 Å². The van der Waals surface area contributed by atoms with Crippen LogP contribution in [0.25, 0.3) is 0 Å². The second-order valence-electron chi connectivity index (χ2n) is 5.30. The molecule has 1 atom stereocenters. The second kappa shape index (κ2) is 7.50. The molecule has 1 aromatic rings. The summed E-state index contributed by atoms with van der Waals surface area (Å²) in [5, 5.41) is 10.6. The molecule has 0 saturated heterocycles. The Morgan fingerprint density at radius 3 is 2.63 bits per heavy atom. The molecule has 0 aliphatic heterocycles. The lowest BCUT2D eigenvalue weighted by molar-refractivity contribution is 0.464. The van der Waals surface area contributed by atoms with E-state index in [9.17, 15) is 4.79 Å². The van der Waals surface area contributed by atoms with E-state index < -0.39 is 0 Å². The maximum atomic E-state index is 12.0. The molecule has 0 saturated carbocycles. The Hall–Kier alpha value is -1.07. The lowest BCUT2D eigenvalue weighted by Crippen LogP contribution is -2.27. The number of anilines is 1. The van der Waals surface area contributed by atoms with Crippen LogP contribution in [0.2, 0.25) is 5.02 Å². The van der Waals surface area contributed by atoms with E-state index in [1.54, 1.807) is 6.20 Å². The SMILES string of the molecule is CNCC(C)CNc1cnn(CC(C)C)c(=O)c1Cl. The fourth-order valence-electron chi connectivity index (χ4n) is 1.77. The van der Waals surface area contributed by atoms with E-state index in [0.29, 0.717) is 24.1 Å². The van der Waals surface area contributed by atoms with Crippen molar-refractivity contribution in [3.05, 3.63) is 21.6 Å². The molecule has 19 heavy (non-hydrogen) atoms. The molecule has 1 rings (SSSR count). The highest BCUT2D eigenvalue weighted by Gasteiger charge is 2.10. The van der Waals surface area contributed by atoms with Crippen LogP contribution in [0, 0.1) is 11.8 Å². The first-order valence-electron chi connectivity index (χ1n) is 6.59. The molecule has 2 N–H and O–H groups in total.